The summed E-state index contributed by atoms with van der Waals surface area (Å²) in [5.74, 6) is -3.29. The van der Waals surface area contributed by atoms with Crippen molar-refractivity contribution < 1.29 is 32.3 Å². The second kappa shape index (κ2) is 12.0. The maximum absolute atomic E-state index is 14.9. The number of anilines is 2. The van der Waals surface area contributed by atoms with E-state index < -0.39 is 18.1 Å². The first-order valence-electron chi connectivity index (χ1n) is 13.5. The molecule has 5 rings (SSSR count). The summed E-state index contributed by atoms with van der Waals surface area (Å²) in [6.45, 7) is 11.4. The monoisotopic (exact) mass is 587 g/mol. The van der Waals surface area contributed by atoms with Gasteiger partial charge in [0.2, 0.25) is 5.95 Å². The minimum absolute atomic E-state index is 0.0788. The van der Waals surface area contributed by atoms with E-state index in [1.807, 2.05) is 56.3 Å². The normalized spacial score (nSPS) is 16.6. The largest absolute Gasteiger partial charge is 0.490 e. The zero-order chi connectivity index (χ0) is 30.8. The van der Waals surface area contributed by atoms with Gasteiger partial charge in [-0.2, -0.15) is 17.6 Å². The number of carboxylic acids is 1. The Bertz CT molecular complexity index is 1470. The van der Waals surface area contributed by atoms with Crippen LogP contribution in [0.1, 0.15) is 36.7 Å². The Morgan fingerprint density at radius 2 is 1.60 bits per heavy atom. The Morgan fingerprint density at radius 1 is 1.00 bits per heavy atom. The van der Waals surface area contributed by atoms with Crippen molar-refractivity contribution in [3.05, 3.63) is 65.6 Å². The average molecular weight is 588 g/mol. The minimum Gasteiger partial charge on any atom is -0.475 e. The Morgan fingerprint density at radius 3 is 2.17 bits per heavy atom. The van der Waals surface area contributed by atoms with Gasteiger partial charge in [-0.15, -0.1) is 0 Å². The molecule has 1 fully saturated rings. The Balaban J connectivity index is 0.000000517. The van der Waals surface area contributed by atoms with Gasteiger partial charge in [0.05, 0.1) is 0 Å². The first-order chi connectivity index (χ1) is 19.7. The van der Waals surface area contributed by atoms with E-state index in [1.165, 1.54) is 0 Å². The lowest BCUT2D eigenvalue weighted by atomic mass is 9.85. The number of aliphatic carboxylic acids is 1. The number of pyridine rings is 1. The number of amides is 1. The van der Waals surface area contributed by atoms with Crippen molar-refractivity contribution in [2.75, 3.05) is 43.4 Å². The van der Waals surface area contributed by atoms with Crippen molar-refractivity contribution in [2.24, 2.45) is 0 Å². The molecule has 8 nitrogen and oxygen atoms in total. The van der Waals surface area contributed by atoms with Crippen LogP contribution in [0.5, 0.6) is 0 Å². The molecule has 0 atom stereocenters. The molecule has 0 spiro atoms. The molecule has 3 aromatic rings. The van der Waals surface area contributed by atoms with Gasteiger partial charge in [0.1, 0.15) is 5.82 Å². The summed E-state index contributed by atoms with van der Waals surface area (Å²) >= 11 is 0. The first-order valence-corrected chi connectivity index (χ1v) is 13.5. The topological polar surface area (TPSA) is 112 Å². The van der Waals surface area contributed by atoms with E-state index in [0.29, 0.717) is 23.1 Å². The number of carbonyl (C=O) groups is 2. The van der Waals surface area contributed by atoms with E-state index >= 15 is 0 Å². The highest BCUT2D eigenvalue weighted by molar-refractivity contribution is 5.98. The van der Waals surface area contributed by atoms with Crippen molar-refractivity contribution in [1.29, 1.82) is 0 Å². The van der Waals surface area contributed by atoms with E-state index in [1.54, 1.807) is 6.07 Å². The van der Waals surface area contributed by atoms with E-state index in [4.69, 9.17) is 15.6 Å². The molecule has 3 heterocycles. The number of carboxylic acid groups (broad SMARTS) is 1. The molecule has 0 unspecified atom stereocenters. The number of nitrogens with one attached hydrogen (secondary N) is 1. The summed E-state index contributed by atoms with van der Waals surface area (Å²) in [4.78, 5) is 30.2. The van der Waals surface area contributed by atoms with E-state index in [9.17, 15) is 22.4 Å². The molecule has 1 saturated heterocycles. The van der Waals surface area contributed by atoms with Gasteiger partial charge in [0, 0.05) is 54.1 Å². The second-order valence-corrected chi connectivity index (χ2v) is 10.9. The lowest BCUT2D eigenvalue weighted by Crippen LogP contribution is -2.49. The van der Waals surface area contributed by atoms with Gasteiger partial charge in [0.25, 0.3) is 5.91 Å². The molecule has 0 radical (unpaired) electrons. The van der Waals surface area contributed by atoms with Crippen LogP contribution in [-0.4, -0.2) is 71.3 Å². The number of likely N-dealkylation sites (N-methyl/N-ethyl adjacent to an activating group) is 1. The molecule has 0 bridgehead atoms. The molecule has 4 N–H and O–H groups in total. The fourth-order valence-electron chi connectivity index (χ4n) is 5.14. The summed E-state index contributed by atoms with van der Waals surface area (Å²) in [7, 11) is 0. The molecule has 2 aliphatic heterocycles. The van der Waals surface area contributed by atoms with Gasteiger partial charge in [-0.25, -0.2) is 9.78 Å². The van der Waals surface area contributed by atoms with Crippen LogP contribution >= 0.6 is 0 Å². The van der Waals surface area contributed by atoms with Crippen molar-refractivity contribution in [3.63, 3.8) is 0 Å². The van der Waals surface area contributed by atoms with Gasteiger partial charge >= 0.3 is 12.1 Å². The van der Waals surface area contributed by atoms with Crippen LogP contribution in [0.2, 0.25) is 0 Å². The lowest BCUT2D eigenvalue weighted by molar-refractivity contribution is -0.192. The number of nitrogens with two attached hydrogens (primary N) is 1. The Kier molecular flexibility index (Phi) is 8.76. The number of hydrogen-bond donors (Lipinski definition) is 3. The quantitative estimate of drug-likeness (QED) is 0.292. The fourth-order valence-corrected chi connectivity index (χ4v) is 5.14. The number of hydrogen-bond acceptors (Lipinski definition) is 6. The van der Waals surface area contributed by atoms with Gasteiger partial charge in [-0.3, -0.25) is 4.79 Å². The highest BCUT2D eigenvalue weighted by Crippen LogP contribution is 2.35. The maximum atomic E-state index is 14.9. The number of rotatable bonds is 4. The summed E-state index contributed by atoms with van der Waals surface area (Å²) < 4.78 is 46.7. The van der Waals surface area contributed by atoms with Crippen LogP contribution in [0.4, 0.5) is 29.1 Å². The van der Waals surface area contributed by atoms with Crippen LogP contribution in [-0.2, 0) is 11.2 Å². The molecule has 224 valence electrons. The number of alkyl halides is 3. The second-order valence-electron chi connectivity index (χ2n) is 10.9. The Labute approximate surface area is 241 Å². The van der Waals surface area contributed by atoms with Crippen molar-refractivity contribution in [3.8, 4) is 22.3 Å². The third-order valence-electron chi connectivity index (χ3n) is 7.36. The third kappa shape index (κ3) is 6.99. The van der Waals surface area contributed by atoms with Gasteiger partial charge in [-0.05, 0) is 67.8 Å². The van der Waals surface area contributed by atoms with E-state index in [0.717, 1.165) is 55.1 Å². The SMILES string of the molecule is CCN1CCN(c2ccc(-c3cc(-c4ccc5c(c4)CC(C)(C)NC5=O)c(N)nc3F)cc2)CC1.O=C(O)C(F)(F)F. The number of aromatic nitrogens is 1. The van der Waals surface area contributed by atoms with Gasteiger partial charge in [0.15, 0.2) is 0 Å². The first kappa shape index (κ1) is 30.8. The number of fused-ring (bicyclic) bond motifs is 1. The third-order valence-corrected chi connectivity index (χ3v) is 7.36. The Hall–Kier alpha value is -4.19. The summed E-state index contributed by atoms with van der Waals surface area (Å²) in [6, 6.07) is 15.4. The summed E-state index contributed by atoms with van der Waals surface area (Å²) in [5.41, 5.74) is 11.2. The zero-order valence-electron chi connectivity index (χ0n) is 23.6. The van der Waals surface area contributed by atoms with Crippen LogP contribution < -0.4 is 16.0 Å². The van der Waals surface area contributed by atoms with Gasteiger partial charge < -0.3 is 26.0 Å². The molecule has 2 aliphatic rings. The number of carbonyl (C=O) groups excluding carboxylic acids is 1. The predicted octanol–water partition coefficient (Wildman–Crippen LogP) is 4.98. The standard InChI is InChI=1S/C28H32FN5O.C2HF3O2/c1-4-33-11-13-34(14-12-33)21-8-5-18(6-9-21)23-16-24(26(30)31-25(23)29)19-7-10-22-20(15-19)17-28(2,3)32-27(22)35;3-2(4,5)1(6)7/h5-10,15-16H,4,11-14,17H2,1-3H3,(H2,30,31)(H,32,35);(H,6,7). The summed E-state index contributed by atoms with van der Waals surface area (Å²) in [5, 5.41) is 10.1. The molecule has 0 saturated carbocycles. The van der Waals surface area contributed by atoms with Crippen LogP contribution in [0.15, 0.2) is 48.5 Å². The van der Waals surface area contributed by atoms with Crippen LogP contribution in [0.3, 0.4) is 0 Å². The zero-order valence-corrected chi connectivity index (χ0v) is 23.6. The number of nitrogen functional groups attached to an aromatic ring is 1. The average Bonchev–Trinajstić information content (AvgIpc) is 2.92. The number of benzene rings is 2. The number of nitrogens with zero attached hydrogens (tertiary/aromatic N) is 3. The molecule has 0 aliphatic carbocycles. The van der Waals surface area contributed by atoms with Crippen LogP contribution in [0.25, 0.3) is 22.3 Å². The molecular formula is C30H33F4N5O3. The fraction of sp³-hybridized carbons (Fsp3) is 0.367. The lowest BCUT2D eigenvalue weighted by Gasteiger charge is -2.35. The van der Waals surface area contributed by atoms with Crippen molar-refractivity contribution in [2.45, 2.75) is 38.9 Å². The molecule has 1 amide bonds. The molecular weight excluding hydrogens is 554 g/mol. The number of piperazine rings is 1. The molecule has 12 heteroatoms. The number of halogens is 4. The van der Waals surface area contributed by atoms with E-state index in [-0.39, 0.29) is 17.3 Å². The van der Waals surface area contributed by atoms with Crippen LogP contribution in [0, 0.1) is 5.95 Å². The molecule has 1 aromatic heterocycles. The smallest absolute Gasteiger partial charge is 0.475 e. The van der Waals surface area contributed by atoms with Crippen molar-refractivity contribution >= 4 is 23.4 Å². The minimum atomic E-state index is -5.08. The van der Waals surface area contributed by atoms with E-state index in [2.05, 4.69) is 27.0 Å². The highest BCUT2D eigenvalue weighted by atomic mass is 19.4. The highest BCUT2D eigenvalue weighted by Gasteiger charge is 2.38. The summed E-state index contributed by atoms with van der Waals surface area (Å²) in [6.07, 6.45) is -4.38. The molecule has 42 heavy (non-hydrogen) atoms. The van der Waals surface area contributed by atoms with Gasteiger partial charge in [-0.1, -0.05) is 31.2 Å². The molecule has 2 aromatic carbocycles. The predicted molar refractivity (Wildman–Crippen MR) is 153 cm³/mol. The van der Waals surface area contributed by atoms with Crippen molar-refractivity contribution in [1.82, 2.24) is 15.2 Å². The maximum Gasteiger partial charge on any atom is 0.490 e.